The van der Waals surface area contributed by atoms with Crippen molar-refractivity contribution >= 4 is 5.97 Å². The highest BCUT2D eigenvalue weighted by atomic mass is 19.4. The van der Waals surface area contributed by atoms with E-state index in [9.17, 15) is 18.0 Å². The monoisotopic (exact) mass is 334 g/mol. The van der Waals surface area contributed by atoms with Crippen molar-refractivity contribution < 1.29 is 27.1 Å². The summed E-state index contributed by atoms with van der Waals surface area (Å²) in [5.74, 6) is -0.201. The molecule has 1 heterocycles. The number of hydrogen-bond donors (Lipinski definition) is 0. The second-order valence-electron chi connectivity index (χ2n) is 4.73. The number of aromatic nitrogens is 2. The van der Waals surface area contributed by atoms with Gasteiger partial charge in [-0.15, -0.1) is 10.2 Å². The Hall–Kier alpha value is -3.16. The number of benzene rings is 2. The summed E-state index contributed by atoms with van der Waals surface area (Å²) in [6, 6.07) is 10.1. The van der Waals surface area contributed by atoms with E-state index >= 15 is 0 Å². The lowest BCUT2D eigenvalue weighted by Gasteiger charge is -2.08. The van der Waals surface area contributed by atoms with Gasteiger partial charge in [0, 0.05) is 5.56 Å². The molecule has 0 aliphatic rings. The molecule has 8 heteroatoms. The zero-order valence-corrected chi connectivity index (χ0v) is 11.9. The fourth-order valence-corrected chi connectivity index (χ4v) is 1.93. The van der Waals surface area contributed by atoms with E-state index in [1.807, 2.05) is 0 Å². The zero-order valence-electron chi connectivity index (χ0n) is 11.9. The van der Waals surface area contributed by atoms with Gasteiger partial charge in [0.25, 0.3) is 0 Å². The van der Waals surface area contributed by atoms with Crippen LogP contribution >= 0.6 is 0 Å². The first-order chi connectivity index (χ1) is 11.4. The van der Waals surface area contributed by atoms with Gasteiger partial charge in [0.05, 0.1) is 11.1 Å². The first-order valence-corrected chi connectivity index (χ1v) is 6.69. The SMILES string of the molecule is O=C(Oc1ccc(-c2nnco2)cc1)c1ccc(C(F)(F)F)cc1. The normalized spacial score (nSPS) is 11.3. The summed E-state index contributed by atoms with van der Waals surface area (Å²) < 4.78 is 47.6. The number of hydrogen-bond acceptors (Lipinski definition) is 5. The number of halogens is 3. The average molecular weight is 334 g/mol. The standard InChI is InChI=1S/C16H9F3N2O3/c17-16(18,19)12-5-1-11(2-6-12)15(22)24-13-7-3-10(4-8-13)14-21-20-9-23-14/h1-9H. The number of alkyl halides is 3. The molecule has 0 aliphatic carbocycles. The van der Waals surface area contributed by atoms with Crippen LogP contribution in [0.3, 0.4) is 0 Å². The van der Waals surface area contributed by atoms with E-state index in [0.29, 0.717) is 11.5 Å². The molecule has 0 amide bonds. The van der Waals surface area contributed by atoms with E-state index in [2.05, 4.69) is 10.2 Å². The van der Waals surface area contributed by atoms with Crippen LogP contribution in [0.1, 0.15) is 15.9 Å². The van der Waals surface area contributed by atoms with E-state index in [0.717, 1.165) is 24.3 Å². The maximum Gasteiger partial charge on any atom is 0.416 e. The second kappa shape index (κ2) is 6.15. The van der Waals surface area contributed by atoms with E-state index in [4.69, 9.17) is 9.15 Å². The van der Waals surface area contributed by atoms with E-state index < -0.39 is 17.7 Å². The van der Waals surface area contributed by atoms with Crippen LogP contribution in [0.4, 0.5) is 13.2 Å². The summed E-state index contributed by atoms with van der Waals surface area (Å²) in [4.78, 5) is 11.9. The third-order valence-electron chi connectivity index (χ3n) is 3.12. The van der Waals surface area contributed by atoms with Gasteiger partial charge in [-0.1, -0.05) is 0 Å². The Kier molecular flexibility index (Phi) is 4.03. The number of ether oxygens (including phenoxy) is 1. The molecule has 3 rings (SSSR count). The van der Waals surface area contributed by atoms with Gasteiger partial charge in [-0.05, 0) is 48.5 Å². The smallest absolute Gasteiger partial charge is 0.416 e. The van der Waals surface area contributed by atoms with E-state index in [1.54, 1.807) is 12.1 Å². The third kappa shape index (κ3) is 3.43. The molecule has 0 saturated carbocycles. The molecule has 0 atom stereocenters. The number of nitrogens with zero attached hydrogens (tertiary/aromatic N) is 2. The molecule has 0 fully saturated rings. The Balaban J connectivity index is 1.70. The molecule has 0 spiro atoms. The van der Waals surface area contributed by atoms with Gasteiger partial charge in [0.15, 0.2) is 0 Å². The lowest BCUT2D eigenvalue weighted by atomic mass is 10.1. The van der Waals surface area contributed by atoms with Gasteiger partial charge in [-0.3, -0.25) is 0 Å². The van der Waals surface area contributed by atoms with Crippen LogP contribution in [0.2, 0.25) is 0 Å². The number of rotatable bonds is 3. The molecule has 0 radical (unpaired) electrons. The van der Waals surface area contributed by atoms with Crippen molar-refractivity contribution in [1.82, 2.24) is 10.2 Å². The minimum Gasteiger partial charge on any atom is -0.423 e. The molecule has 0 N–H and O–H groups in total. The molecular formula is C16H9F3N2O3. The van der Waals surface area contributed by atoms with Crippen LogP contribution in [0.25, 0.3) is 11.5 Å². The molecule has 24 heavy (non-hydrogen) atoms. The predicted molar refractivity (Wildman–Crippen MR) is 76.1 cm³/mol. The number of carbonyl (C=O) groups is 1. The molecule has 0 saturated heterocycles. The molecule has 2 aromatic carbocycles. The van der Waals surface area contributed by atoms with E-state index in [-0.39, 0.29) is 11.3 Å². The summed E-state index contributed by atoms with van der Waals surface area (Å²) in [6.45, 7) is 0. The Morgan fingerprint density at radius 2 is 1.67 bits per heavy atom. The fraction of sp³-hybridized carbons (Fsp3) is 0.0625. The lowest BCUT2D eigenvalue weighted by Crippen LogP contribution is -2.10. The summed E-state index contributed by atoms with van der Waals surface area (Å²) in [5.41, 5.74) is -0.172. The molecule has 5 nitrogen and oxygen atoms in total. The Morgan fingerprint density at radius 3 is 2.21 bits per heavy atom. The molecule has 0 bridgehead atoms. The zero-order chi connectivity index (χ0) is 17.2. The molecule has 122 valence electrons. The van der Waals surface area contributed by atoms with Gasteiger partial charge in [0.1, 0.15) is 5.75 Å². The fourth-order valence-electron chi connectivity index (χ4n) is 1.93. The van der Waals surface area contributed by atoms with Crippen molar-refractivity contribution in [2.45, 2.75) is 6.18 Å². The van der Waals surface area contributed by atoms with Gasteiger partial charge in [0.2, 0.25) is 12.3 Å². The van der Waals surface area contributed by atoms with Gasteiger partial charge < -0.3 is 9.15 Å². The highest BCUT2D eigenvalue weighted by Crippen LogP contribution is 2.29. The summed E-state index contributed by atoms with van der Waals surface area (Å²) in [7, 11) is 0. The van der Waals surface area contributed by atoms with Crippen molar-refractivity contribution in [3.63, 3.8) is 0 Å². The summed E-state index contributed by atoms with van der Waals surface area (Å²) >= 11 is 0. The Bertz CT molecular complexity index is 827. The minimum absolute atomic E-state index is 0.0176. The average Bonchev–Trinajstić information content (AvgIpc) is 3.09. The molecule has 0 aliphatic heterocycles. The van der Waals surface area contributed by atoms with Crippen LogP contribution in [-0.2, 0) is 6.18 Å². The highest BCUT2D eigenvalue weighted by molar-refractivity contribution is 5.91. The van der Waals surface area contributed by atoms with E-state index in [1.165, 1.54) is 18.5 Å². The van der Waals surface area contributed by atoms with Crippen LogP contribution < -0.4 is 4.74 Å². The van der Waals surface area contributed by atoms with Crippen molar-refractivity contribution in [3.8, 4) is 17.2 Å². The first kappa shape index (κ1) is 15.7. The second-order valence-corrected chi connectivity index (χ2v) is 4.73. The maximum atomic E-state index is 12.5. The van der Waals surface area contributed by atoms with Gasteiger partial charge >= 0.3 is 12.1 Å². The minimum atomic E-state index is -4.45. The largest absolute Gasteiger partial charge is 0.423 e. The first-order valence-electron chi connectivity index (χ1n) is 6.69. The predicted octanol–water partition coefficient (Wildman–Crippen LogP) is 3.97. The van der Waals surface area contributed by atoms with Crippen LogP contribution in [0.15, 0.2) is 59.3 Å². The van der Waals surface area contributed by atoms with Crippen LogP contribution in [0, 0.1) is 0 Å². The molecule has 1 aromatic heterocycles. The highest BCUT2D eigenvalue weighted by Gasteiger charge is 2.30. The molecule has 3 aromatic rings. The number of carbonyl (C=O) groups excluding carboxylic acids is 1. The van der Waals surface area contributed by atoms with Crippen molar-refractivity contribution in [2.24, 2.45) is 0 Å². The van der Waals surface area contributed by atoms with Crippen molar-refractivity contribution in [3.05, 3.63) is 66.1 Å². The van der Waals surface area contributed by atoms with Crippen molar-refractivity contribution in [2.75, 3.05) is 0 Å². The van der Waals surface area contributed by atoms with Gasteiger partial charge in [-0.25, -0.2) is 4.79 Å². The third-order valence-corrected chi connectivity index (χ3v) is 3.12. The van der Waals surface area contributed by atoms with Crippen LogP contribution in [-0.4, -0.2) is 16.2 Å². The number of esters is 1. The topological polar surface area (TPSA) is 65.2 Å². The maximum absolute atomic E-state index is 12.5. The summed E-state index contributed by atoms with van der Waals surface area (Å²) in [5, 5.41) is 7.29. The van der Waals surface area contributed by atoms with Crippen molar-refractivity contribution in [1.29, 1.82) is 0 Å². The quantitative estimate of drug-likeness (QED) is 0.535. The lowest BCUT2D eigenvalue weighted by molar-refractivity contribution is -0.137. The molecule has 0 unspecified atom stereocenters. The summed E-state index contributed by atoms with van der Waals surface area (Å²) in [6.07, 6.45) is -3.26. The van der Waals surface area contributed by atoms with Crippen LogP contribution in [0.5, 0.6) is 5.75 Å². The molecular weight excluding hydrogens is 325 g/mol. The Labute approximate surface area is 133 Å². The van der Waals surface area contributed by atoms with Gasteiger partial charge in [-0.2, -0.15) is 13.2 Å². The Morgan fingerprint density at radius 1 is 1.00 bits per heavy atom.